The summed E-state index contributed by atoms with van der Waals surface area (Å²) in [5.74, 6) is 2.30. The average molecular weight is 297 g/mol. The maximum atomic E-state index is 4.73. The molecule has 0 unspecified atom stereocenters. The van der Waals surface area contributed by atoms with Crippen molar-refractivity contribution < 1.29 is 0 Å². The number of nitrogens with one attached hydrogen (secondary N) is 1. The Labute approximate surface area is 131 Å². The van der Waals surface area contributed by atoms with Gasteiger partial charge in [-0.3, -0.25) is 4.98 Å². The Morgan fingerprint density at radius 3 is 3.00 bits per heavy atom. The number of likely N-dealkylation sites (tertiary alicyclic amines) is 1. The molecule has 5 heteroatoms. The summed E-state index contributed by atoms with van der Waals surface area (Å²) in [6.45, 7) is 4.93. The molecule has 0 bridgehead atoms. The smallest absolute Gasteiger partial charge is 0.135 e. The molecule has 5 nitrogen and oxygen atoms in total. The second kappa shape index (κ2) is 6.83. The molecule has 0 aliphatic carbocycles. The Hall–Kier alpha value is -2.01. The van der Waals surface area contributed by atoms with Crippen LogP contribution in [0, 0.1) is 6.92 Å². The highest BCUT2D eigenvalue weighted by Crippen LogP contribution is 2.24. The fourth-order valence-corrected chi connectivity index (χ4v) is 2.93. The number of likely N-dealkylation sites (N-methyl/N-ethyl adjacent to an activating group) is 1. The van der Waals surface area contributed by atoms with Crippen molar-refractivity contribution in [2.75, 3.05) is 25.5 Å². The van der Waals surface area contributed by atoms with E-state index in [0.29, 0.717) is 12.5 Å². The van der Waals surface area contributed by atoms with E-state index in [1.807, 2.05) is 37.4 Å². The van der Waals surface area contributed by atoms with Gasteiger partial charge in [0.1, 0.15) is 11.6 Å². The lowest BCUT2D eigenvalue weighted by Gasteiger charge is -2.28. The van der Waals surface area contributed by atoms with Crippen molar-refractivity contribution >= 4 is 5.82 Å². The summed E-state index contributed by atoms with van der Waals surface area (Å²) in [6, 6.07) is 7.94. The number of piperidine rings is 1. The van der Waals surface area contributed by atoms with Gasteiger partial charge in [-0.1, -0.05) is 6.07 Å². The number of hydrogen-bond acceptors (Lipinski definition) is 5. The number of rotatable bonds is 4. The summed E-state index contributed by atoms with van der Waals surface area (Å²) in [5.41, 5.74) is 2.03. The van der Waals surface area contributed by atoms with E-state index < -0.39 is 0 Å². The summed E-state index contributed by atoms with van der Waals surface area (Å²) in [6.07, 6.45) is 4.20. The SMILES string of the molecule is Cc1cc(NCc2ccccn2)nc([C@H]2CCCN(C)C2)n1. The molecule has 3 rings (SSSR count). The molecule has 0 saturated carbocycles. The summed E-state index contributed by atoms with van der Waals surface area (Å²) in [5, 5.41) is 3.37. The number of aromatic nitrogens is 3. The molecule has 1 fully saturated rings. The standard InChI is InChI=1S/C17H23N5/c1-13-10-16(19-11-15-7-3-4-8-18-15)21-17(20-13)14-6-5-9-22(2)12-14/h3-4,7-8,10,14H,5-6,9,11-12H2,1-2H3,(H,19,20,21)/t14-/m0/s1. The highest BCUT2D eigenvalue weighted by molar-refractivity contribution is 5.37. The highest BCUT2D eigenvalue weighted by atomic mass is 15.1. The number of pyridine rings is 1. The van der Waals surface area contributed by atoms with E-state index in [1.165, 1.54) is 19.4 Å². The molecule has 22 heavy (non-hydrogen) atoms. The Kier molecular flexibility index (Phi) is 4.63. The Morgan fingerprint density at radius 2 is 2.23 bits per heavy atom. The van der Waals surface area contributed by atoms with Crippen LogP contribution >= 0.6 is 0 Å². The van der Waals surface area contributed by atoms with Crippen molar-refractivity contribution in [2.24, 2.45) is 0 Å². The third-order valence-electron chi connectivity index (χ3n) is 4.04. The second-order valence-electron chi connectivity index (χ2n) is 6.03. The van der Waals surface area contributed by atoms with Crippen LogP contribution < -0.4 is 5.32 Å². The molecule has 0 aromatic carbocycles. The van der Waals surface area contributed by atoms with Gasteiger partial charge in [0.05, 0.1) is 12.2 Å². The van der Waals surface area contributed by atoms with Gasteiger partial charge < -0.3 is 10.2 Å². The van der Waals surface area contributed by atoms with Crippen LogP contribution in [0.4, 0.5) is 5.82 Å². The lowest BCUT2D eigenvalue weighted by molar-refractivity contribution is 0.246. The van der Waals surface area contributed by atoms with E-state index in [1.54, 1.807) is 0 Å². The summed E-state index contributed by atoms with van der Waals surface area (Å²) >= 11 is 0. The molecule has 0 amide bonds. The van der Waals surface area contributed by atoms with Crippen molar-refractivity contribution in [3.8, 4) is 0 Å². The Balaban J connectivity index is 1.72. The van der Waals surface area contributed by atoms with Gasteiger partial charge in [0.15, 0.2) is 0 Å². The molecule has 2 aromatic heterocycles. The quantitative estimate of drug-likeness (QED) is 0.940. The number of aryl methyl sites for hydroxylation is 1. The average Bonchev–Trinajstić information content (AvgIpc) is 2.53. The molecule has 116 valence electrons. The minimum Gasteiger partial charge on any atom is -0.364 e. The van der Waals surface area contributed by atoms with Gasteiger partial charge in [-0.2, -0.15) is 0 Å². The van der Waals surface area contributed by atoms with Crippen LogP contribution in [0.25, 0.3) is 0 Å². The van der Waals surface area contributed by atoms with Gasteiger partial charge in [0.2, 0.25) is 0 Å². The zero-order valence-corrected chi connectivity index (χ0v) is 13.3. The third-order valence-corrected chi connectivity index (χ3v) is 4.04. The van der Waals surface area contributed by atoms with Gasteiger partial charge in [-0.05, 0) is 45.5 Å². The minimum atomic E-state index is 0.439. The van der Waals surface area contributed by atoms with E-state index in [0.717, 1.165) is 29.6 Å². The third kappa shape index (κ3) is 3.80. The van der Waals surface area contributed by atoms with Crippen molar-refractivity contribution in [3.05, 3.63) is 47.7 Å². The lowest BCUT2D eigenvalue weighted by Crippen LogP contribution is -2.31. The number of nitrogens with zero attached hydrogens (tertiary/aromatic N) is 4. The summed E-state index contributed by atoms with van der Waals surface area (Å²) < 4.78 is 0. The van der Waals surface area contributed by atoms with Crippen LogP contribution in [0.1, 0.15) is 36.0 Å². The molecule has 1 aliphatic rings. The molecular weight excluding hydrogens is 274 g/mol. The minimum absolute atomic E-state index is 0.439. The van der Waals surface area contributed by atoms with Crippen LogP contribution in [0.15, 0.2) is 30.5 Å². The molecule has 1 N–H and O–H groups in total. The molecule has 0 spiro atoms. The van der Waals surface area contributed by atoms with Crippen LogP contribution in [-0.4, -0.2) is 40.0 Å². The first-order valence-corrected chi connectivity index (χ1v) is 7.88. The van der Waals surface area contributed by atoms with Crippen LogP contribution in [0.3, 0.4) is 0 Å². The maximum absolute atomic E-state index is 4.73. The van der Waals surface area contributed by atoms with Crippen molar-refractivity contribution in [2.45, 2.75) is 32.2 Å². The second-order valence-corrected chi connectivity index (χ2v) is 6.03. The molecule has 3 heterocycles. The van der Waals surface area contributed by atoms with Gasteiger partial charge in [0, 0.05) is 30.4 Å². The van der Waals surface area contributed by atoms with Crippen LogP contribution in [0.5, 0.6) is 0 Å². The zero-order valence-electron chi connectivity index (χ0n) is 13.3. The van der Waals surface area contributed by atoms with Crippen molar-refractivity contribution in [1.82, 2.24) is 19.9 Å². The van der Waals surface area contributed by atoms with E-state index in [9.17, 15) is 0 Å². The van der Waals surface area contributed by atoms with Gasteiger partial charge in [-0.15, -0.1) is 0 Å². The Morgan fingerprint density at radius 1 is 1.32 bits per heavy atom. The van der Waals surface area contributed by atoms with Crippen LogP contribution in [-0.2, 0) is 6.54 Å². The monoisotopic (exact) mass is 297 g/mol. The molecule has 0 radical (unpaired) electrons. The van der Waals surface area contributed by atoms with Crippen molar-refractivity contribution in [1.29, 1.82) is 0 Å². The topological polar surface area (TPSA) is 53.9 Å². The summed E-state index contributed by atoms with van der Waals surface area (Å²) in [4.78, 5) is 16.1. The predicted octanol–water partition coefficient (Wildman–Crippen LogP) is 2.60. The maximum Gasteiger partial charge on any atom is 0.135 e. The first-order valence-electron chi connectivity index (χ1n) is 7.88. The number of anilines is 1. The van der Waals surface area contributed by atoms with Gasteiger partial charge >= 0.3 is 0 Å². The molecular formula is C17H23N5. The summed E-state index contributed by atoms with van der Waals surface area (Å²) in [7, 11) is 2.17. The largest absolute Gasteiger partial charge is 0.364 e. The Bertz CT molecular complexity index is 614. The molecule has 1 aliphatic heterocycles. The molecule has 1 atom stereocenters. The van der Waals surface area contributed by atoms with E-state index in [4.69, 9.17) is 4.98 Å². The van der Waals surface area contributed by atoms with E-state index in [2.05, 4.69) is 27.2 Å². The highest BCUT2D eigenvalue weighted by Gasteiger charge is 2.21. The fraction of sp³-hybridized carbons (Fsp3) is 0.471. The zero-order chi connectivity index (χ0) is 15.4. The predicted molar refractivity (Wildman–Crippen MR) is 87.8 cm³/mol. The van der Waals surface area contributed by atoms with E-state index >= 15 is 0 Å². The number of hydrogen-bond donors (Lipinski definition) is 1. The first kappa shape index (κ1) is 14.9. The first-order chi connectivity index (χ1) is 10.7. The van der Waals surface area contributed by atoms with Gasteiger partial charge in [-0.25, -0.2) is 9.97 Å². The molecule has 1 saturated heterocycles. The fourth-order valence-electron chi connectivity index (χ4n) is 2.93. The van der Waals surface area contributed by atoms with Gasteiger partial charge in [0.25, 0.3) is 0 Å². The van der Waals surface area contributed by atoms with E-state index in [-0.39, 0.29) is 0 Å². The van der Waals surface area contributed by atoms with Crippen LogP contribution in [0.2, 0.25) is 0 Å². The molecule has 2 aromatic rings. The normalized spacial score (nSPS) is 19.1. The van der Waals surface area contributed by atoms with Crippen molar-refractivity contribution in [3.63, 3.8) is 0 Å². The lowest BCUT2D eigenvalue weighted by atomic mass is 9.97.